The van der Waals surface area contributed by atoms with Crippen molar-refractivity contribution in [3.8, 4) is 0 Å². The van der Waals surface area contributed by atoms with Crippen molar-refractivity contribution in [3.63, 3.8) is 0 Å². The highest BCUT2D eigenvalue weighted by atomic mass is 19.3. The van der Waals surface area contributed by atoms with Gasteiger partial charge < -0.3 is 25.7 Å². The summed E-state index contributed by atoms with van der Waals surface area (Å²) in [6.07, 6.45) is 10.5. The molecule has 0 aromatic carbocycles. The first kappa shape index (κ1) is 22.9. The highest BCUT2D eigenvalue weighted by Gasteiger charge is 2.33. The van der Waals surface area contributed by atoms with Gasteiger partial charge in [-0.15, -0.1) is 0 Å². The molecule has 0 aliphatic heterocycles. The van der Waals surface area contributed by atoms with Crippen LogP contribution in [0.2, 0.25) is 0 Å². The Kier molecular flexibility index (Phi) is 7.42. The quantitative estimate of drug-likeness (QED) is 0.610. The van der Waals surface area contributed by atoms with Crippen molar-refractivity contribution in [2.75, 3.05) is 26.5 Å². The Morgan fingerprint density at radius 3 is 2.74 bits per heavy atom. The molecule has 170 valence electrons. The number of anilines is 1. The summed E-state index contributed by atoms with van der Waals surface area (Å²) >= 11 is 0. The number of amides is 1. The van der Waals surface area contributed by atoms with Crippen molar-refractivity contribution >= 4 is 17.9 Å². The van der Waals surface area contributed by atoms with Crippen molar-refractivity contribution in [3.05, 3.63) is 35.4 Å². The smallest absolute Gasteiger partial charge is 0.387 e. The van der Waals surface area contributed by atoms with Crippen LogP contribution in [-0.2, 0) is 4.74 Å². The fourth-order valence-electron chi connectivity index (χ4n) is 4.24. The molecular formula is C21H30F2N6O2. The topological polar surface area (TPSA) is 97.8 Å². The number of alkyl halides is 2. The van der Waals surface area contributed by atoms with Crippen LogP contribution in [0.1, 0.15) is 48.5 Å². The van der Waals surface area contributed by atoms with Gasteiger partial charge in [0.25, 0.3) is 5.91 Å². The zero-order chi connectivity index (χ0) is 22.5. The predicted octanol–water partition coefficient (Wildman–Crippen LogP) is 3.17. The van der Waals surface area contributed by atoms with Crippen molar-refractivity contribution in [1.82, 2.24) is 14.7 Å². The lowest BCUT2D eigenvalue weighted by atomic mass is 9.81. The average Bonchev–Trinajstić information content (AvgIpc) is 3.13. The molecule has 1 saturated carbocycles. The number of carbonyl (C=O) groups excluding carboxylic acids is 1. The summed E-state index contributed by atoms with van der Waals surface area (Å²) in [6, 6.07) is 0.534. The van der Waals surface area contributed by atoms with E-state index in [4.69, 9.17) is 5.73 Å². The van der Waals surface area contributed by atoms with Gasteiger partial charge in [-0.2, -0.15) is 13.9 Å². The SMILES string of the molecule is CN=C[C@H]1C[C@H](N(C)C)CC[C@@H]1n1cc(C(N)=O)c(NC2=CC=C(OC(F)F)CC2)n1. The minimum atomic E-state index is -2.84. The molecular weight excluding hydrogens is 406 g/mol. The Hall–Kier alpha value is -2.75. The Labute approximate surface area is 180 Å². The molecule has 0 saturated heterocycles. The van der Waals surface area contributed by atoms with Crippen molar-refractivity contribution in [2.45, 2.75) is 50.8 Å². The van der Waals surface area contributed by atoms with Gasteiger partial charge in [0.1, 0.15) is 11.3 Å². The van der Waals surface area contributed by atoms with Gasteiger partial charge in [0, 0.05) is 43.5 Å². The fraction of sp³-hybridized carbons (Fsp3) is 0.571. The highest BCUT2D eigenvalue weighted by Crippen LogP contribution is 2.35. The minimum absolute atomic E-state index is 0.0693. The third-order valence-electron chi connectivity index (χ3n) is 5.87. The first-order valence-electron chi connectivity index (χ1n) is 10.4. The predicted molar refractivity (Wildman–Crippen MR) is 115 cm³/mol. The molecule has 1 fully saturated rings. The molecule has 10 heteroatoms. The third-order valence-corrected chi connectivity index (χ3v) is 5.87. The molecule has 1 amide bonds. The van der Waals surface area contributed by atoms with Crippen molar-refractivity contribution in [1.29, 1.82) is 0 Å². The summed E-state index contributed by atoms with van der Waals surface area (Å²) < 4.78 is 31.0. The maximum absolute atomic E-state index is 12.4. The second kappa shape index (κ2) is 10.0. The first-order valence-corrected chi connectivity index (χ1v) is 10.4. The molecule has 1 heterocycles. The molecule has 31 heavy (non-hydrogen) atoms. The van der Waals surface area contributed by atoms with Gasteiger partial charge in [0.05, 0.1) is 6.04 Å². The summed E-state index contributed by atoms with van der Waals surface area (Å²) in [5.74, 6) is 0.198. The van der Waals surface area contributed by atoms with Crippen LogP contribution in [0, 0.1) is 5.92 Å². The van der Waals surface area contributed by atoms with Crippen molar-refractivity contribution in [2.24, 2.45) is 16.6 Å². The minimum Gasteiger partial charge on any atom is -0.439 e. The van der Waals surface area contributed by atoms with Gasteiger partial charge in [-0.25, -0.2) is 0 Å². The Balaban J connectivity index is 1.81. The van der Waals surface area contributed by atoms with E-state index in [0.717, 1.165) is 25.0 Å². The Morgan fingerprint density at radius 2 is 2.16 bits per heavy atom. The summed E-state index contributed by atoms with van der Waals surface area (Å²) in [5.41, 5.74) is 6.64. The molecule has 2 aliphatic rings. The van der Waals surface area contributed by atoms with E-state index < -0.39 is 12.5 Å². The van der Waals surface area contributed by atoms with E-state index in [1.807, 2.05) is 10.9 Å². The molecule has 0 radical (unpaired) electrons. The van der Waals surface area contributed by atoms with E-state index >= 15 is 0 Å². The van der Waals surface area contributed by atoms with Crippen LogP contribution in [-0.4, -0.2) is 60.6 Å². The summed E-state index contributed by atoms with van der Waals surface area (Å²) in [7, 11) is 5.92. The third kappa shape index (κ3) is 5.69. The normalized spacial score (nSPS) is 24.4. The van der Waals surface area contributed by atoms with Crippen LogP contribution in [0.25, 0.3) is 0 Å². The second-order valence-electron chi connectivity index (χ2n) is 8.13. The largest absolute Gasteiger partial charge is 0.439 e. The molecule has 3 N–H and O–H groups in total. The number of carbonyl (C=O) groups is 1. The van der Waals surface area contributed by atoms with Gasteiger partial charge in [0.2, 0.25) is 0 Å². The molecule has 0 bridgehead atoms. The lowest BCUT2D eigenvalue weighted by Crippen LogP contribution is -2.38. The first-order chi connectivity index (χ1) is 14.8. The Bertz CT molecular complexity index is 877. The standard InChI is InChI=1S/C21H30F2N6O2/c1-25-11-13-10-15(28(2)3)6-9-18(13)29-12-17(19(24)30)20(27-29)26-14-4-7-16(8-5-14)31-21(22)23/h4,7,11-13,15,18,21H,5-6,8-10H2,1-3H3,(H2,24,30)(H,26,27)/t13-,15-,18+/m1/s1. The van der Waals surface area contributed by atoms with Crippen LogP contribution < -0.4 is 11.1 Å². The van der Waals surface area contributed by atoms with Gasteiger partial charge in [-0.3, -0.25) is 9.48 Å². The van der Waals surface area contributed by atoms with E-state index in [0.29, 0.717) is 30.3 Å². The number of nitrogens with zero attached hydrogens (tertiary/aromatic N) is 4. The number of halogens is 2. The van der Waals surface area contributed by atoms with Crippen LogP contribution >= 0.6 is 0 Å². The number of allylic oxidation sites excluding steroid dienone is 4. The maximum Gasteiger partial charge on any atom is 0.387 e. The van der Waals surface area contributed by atoms with Gasteiger partial charge >= 0.3 is 6.61 Å². The molecule has 8 nitrogen and oxygen atoms in total. The summed E-state index contributed by atoms with van der Waals surface area (Å²) in [4.78, 5) is 18.5. The van der Waals surface area contributed by atoms with Crippen molar-refractivity contribution < 1.29 is 18.3 Å². The van der Waals surface area contributed by atoms with E-state index in [-0.39, 0.29) is 17.7 Å². The van der Waals surface area contributed by atoms with E-state index in [9.17, 15) is 13.6 Å². The number of aromatic nitrogens is 2. The molecule has 3 atom stereocenters. The molecule has 1 aromatic rings. The lowest BCUT2D eigenvalue weighted by Gasteiger charge is -2.37. The van der Waals surface area contributed by atoms with Gasteiger partial charge in [0.15, 0.2) is 5.82 Å². The number of nitrogens with two attached hydrogens (primary N) is 1. The summed E-state index contributed by atoms with van der Waals surface area (Å²) in [5, 5.41) is 7.77. The van der Waals surface area contributed by atoms with E-state index in [1.54, 1.807) is 19.3 Å². The average molecular weight is 437 g/mol. The molecule has 0 spiro atoms. The zero-order valence-electron chi connectivity index (χ0n) is 18.1. The molecule has 1 aromatic heterocycles. The van der Waals surface area contributed by atoms with E-state index in [1.165, 1.54) is 6.08 Å². The molecule has 2 aliphatic carbocycles. The second-order valence-corrected chi connectivity index (χ2v) is 8.13. The van der Waals surface area contributed by atoms with Crippen LogP contribution in [0.4, 0.5) is 14.6 Å². The number of hydrogen-bond donors (Lipinski definition) is 2. The number of nitrogens with one attached hydrogen (secondary N) is 1. The van der Waals surface area contributed by atoms with Crippen LogP contribution in [0.5, 0.6) is 0 Å². The van der Waals surface area contributed by atoms with Gasteiger partial charge in [-0.1, -0.05) is 0 Å². The zero-order valence-corrected chi connectivity index (χ0v) is 18.1. The fourth-order valence-corrected chi connectivity index (χ4v) is 4.24. The van der Waals surface area contributed by atoms with E-state index in [2.05, 4.69) is 39.1 Å². The Morgan fingerprint density at radius 1 is 1.39 bits per heavy atom. The van der Waals surface area contributed by atoms with Gasteiger partial charge in [-0.05, 0) is 51.9 Å². The lowest BCUT2D eigenvalue weighted by molar-refractivity contribution is -0.0985. The number of hydrogen-bond acceptors (Lipinski definition) is 6. The highest BCUT2D eigenvalue weighted by molar-refractivity contribution is 5.97. The van der Waals surface area contributed by atoms with Crippen LogP contribution in [0.3, 0.4) is 0 Å². The number of rotatable bonds is 8. The monoisotopic (exact) mass is 436 g/mol. The molecule has 3 rings (SSSR count). The maximum atomic E-state index is 12.4. The number of aliphatic imine (C=N–C) groups is 1. The summed E-state index contributed by atoms with van der Waals surface area (Å²) in [6.45, 7) is -2.84. The molecule has 0 unspecified atom stereocenters. The van der Waals surface area contributed by atoms with Crippen LogP contribution in [0.15, 0.2) is 34.8 Å². The number of ether oxygens (including phenoxy) is 1. The number of primary amides is 1.